The molecule has 0 saturated carbocycles. The van der Waals surface area contributed by atoms with Gasteiger partial charge in [0.25, 0.3) is 0 Å². The lowest BCUT2D eigenvalue weighted by Gasteiger charge is -2.11. The van der Waals surface area contributed by atoms with Crippen LogP contribution in [0, 0.1) is 0 Å². The molecule has 0 amide bonds. The minimum absolute atomic E-state index is 0.236. The van der Waals surface area contributed by atoms with Crippen LogP contribution in [0.4, 0.5) is 0 Å². The van der Waals surface area contributed by atoms with Crippen molar-refractivity contribution >= 4 is 5.97 Å². The predicted molar refractivity (Wildman–Crippen MR) is 59.9 cm³/mol. The predicted octanol–water partition coefficient (Wildman–Crippen LogP) is 2.14. The summed E-state index contributed by atoms with van der Waals surface area (Å²) >= 11 is 0. The van der Waals surface area contributed by atoms with Crippen molar-refractivity contribution in [2.75, 3.05) is 13.7 Å². The van der Waals surface area contributed by atoms with Crippen molar-refractivity contribution < 1.29 is 9.53 Å². The number of carbonyl (C=O) groups is 1. The van der Waals surface area contributed by atoms with E-state index in [1.54, 1.807) is 13.0 Å². The van der Waals surface area contributed by atoms with E-state index >= 15 is 0 Å². The van der Waals surface area contributed by atoms with Gasteiger partial charge in [0, 0.05) is 6.04 Å². The lowest BCUT2D eigenvalue weighted by molar-refractivity contribution is 0.0526. The highest BCUT2D eigenvalue weighted by atomic mass is 16.5. The van der Waals surface area contributed by atoms with Crippen LogP contribution in [0.1, 0.15) is 35.8 Å². The van der Waals surface area contributed by atoms with Gasteiger partial charge in [0.15, 0.2) is 0 Å². The molecular formula is C12H17NO2. The van der Waals surface area contributed by atoms with Crippen LogP contribution in [0.25, 0.3) is 0 Å². The summed E-state index contributed by atoms with van der Waals surface area (Å²) in [5.41, 5.74) is 1.69. The summed E-state index contributed by atoms with van der Waals surface area (Å²) in [5.74, 6) is -0.261. The molecule has 0 aliphatic heterocycles. The molecule has 1 atom stereocenters. The maximum absolute atomic E-state index is 11.5. The second-order valence-corrected chi connectivity index (χ2v) is 3.36. The van der Waals surface area contributed by atoms with Gasteiger partial charge in [-0.1, -0.05) is 12.1 Å². The van der Waals surface area contributed by atoms with Gasteiger partial charge in [-0.15, -0.1) is 0 Å². The van der Waals surface area contributed by atoms with Gasteiger partial charge < -0.3 is 10.1 Å². The smallest absolute Gasteiger partial charge is 0.338 e. The van der Waals surface area contributed by atoms with Crippen molar-refractivity contribution in [3.63, 3.8) is 0 Å². The molecule has 0 spiro atoms. The van der Waals surface area contributed by atoms with Crippen molar-refractivity contribution in [2.24, 2.45) is 0 Å². The second kappa shape index (κ2) is 5.51. The Hall–Kier alpha value is -1.35. The Kier molecular flexibility index (Phi) is 4.31. The molecule has 15 heavy (non-hydrogen) atoms. The quantitative estimate of drug-likeness (QED) is 0.769. The van der Waals surface area contributed by atoms with E-state index in [0.717, 1.165) is 5.56 Å². The molecule has 82 valence electrons. The number of nitrogens with one attached hydrogen (secondary N) is 1. The van der Waals surface area contributed by atoms with Gasteiger partial charge in [-0.05, 0) is 38.6 Å². The summed E-state index contributed by atoms with van der Waals surface area (Å²) in [7, 11) is 1.89. The lowest BCUT2D eigenvalue weighted by atomic mass is 10.1. The minimum Gasteiger partial charge on any atom is -0.462 e. The molecule has 1 rings (SSSR count). The highest BCUT2D eigenvalue weighted by Crippen LogP contribution is 2.14. The highest BCUT2D eigenvalue weighted by Gasteiger charge is 2.08. The molecule has 0 aromatic heterocycles. The first-order chi connectivity index (χ1) is 7.19. The van der Waals surface area contributed by atoms with E-state index in [0.29, 0.717) is 12.2 Å². The number of hydrogen-bond donors (Lipinski definition) is 1. The largest absolute Gasteiger partial charge is 0.462 e. The molecule has 0 fully saturated rings. The zero-order valence-corrected chi connectivity index (χ0v) is 9.41. The molecule has 0 aliphatic carbocycles. The Balaban J connectivity index is 2.87. The Morgan fingerprint density at radius 3 is 2.87 bits per heavy atom. The van der Waals surface area contributed by atoms with E-state index in [-0.39, 0.29) is 12.0 Å². The number of esters is 1. The molecule has 1 unspecified atom stereocenters. The Morgan fingerprint density at radius 1 is 1.53 bits per heavy atom. The van der Waals surface area contributed by atoms with Crippen LogP contribution in [-0.2, 0) is 4.74 Å². The van der Waals surface area contributed by atoms with Gasteiger partial charge in [0.05, 0.1) is 12.2 Å². The Labute approximate surface area is 90.4 Å². The van der Waals surface area contributed by atoms with Crippen molar-refractivity contribution in [3.8, 4) is 0 Å². The number of rotatable bonds is 4. The van der Waals surface area contributed by atoms with Gasteiger partial charge in [-0.2, -0.15) is 0 Å². The summed E-state index contributed by atoms with van der Waals surface area (Å²) < 4.78 is 4.94. The van der Waals surface area contributed by atoms with E-state index in [2.05, 4.69) is 5.32 Å². The van der Waals surface area contributed by atoms with Crippen LogP contribution < -0.4 is 5.32 Å². The normalized spacial score (nSPS) is 12.2. The fraction of sp³-hybridized carbons (Fsp3) is 0.417. The zero-order valence-electron chi connectivity index (χ0n) is 9.41. The molecule has 1 N–H and O–H groups in total. The molecule has 1 aromatic carbocycles. The lowest BCUT2D eigenvalue weighted by Crippen LogP contribution is -2.13. The van der Waals surface area contributed by atoms with Crippen molar-refractivity contribution in [2.45, 2.75) is 19.9 Å². The summed E-state index contributed by atoms with van der Waals surface area (Å²) in [6.07, 6.45) is 0. The highest BCUT2D eigenvalue weighted by molar-refractivity contribution is 5.89. The number of hydrogen-bond acceptors (Lipinski definition) is 3. The minimum atomic E-state index is -0.261. The van der Waals surface area contributed by atoms with Crippen molar-refractivity contribution in [3.05, 3.63) is 35.4 Å². The molecule has 0 bridgehead atoms. The topological polar surface area (TPSA) is 38.3 Å². The summed E-state index contributed by atoms with van der Waals surface area (Å²) in [4.78, 5) is 11.5. The Bertz CT molecular complexity index is 336. The molecule has 0 aliphatic rings. The van der Waals surface area contributed by atoms with Crippen LogP contribution >= 0.6 is 0 Å². The first-order valence-corrected chi connectivity index (χ1v) is 5.13. The first-order valence-electron chi connectivity index (χ1n) is 5.13. The summed E-state index contributed by atoms with van der Waals surface area (Å²) in [5, 5.41) is 3.13. The van der Waals surface area contributed by atoms with Crippen LogP contribution in [0.2, 0.25) is 0 Å². The van der Waals surface area contributed by atoms with E-state index in [1.807, 2.05) is 32.2 Å². The standard InChI is InChI=1S/C12H17NO2/c1-4-15-12(14)11-7-5-6-10(8-11)9(2)13-3/h5-9,13H,4H2,1-3H3. The number of ether oxygens (including phenoxy) is 1. The molecule has 3 heteroatoms. The average molecular weight is 207 g/mol. The van der Waals surface area contributed by atoms with Crippen LogP contribution in [-0.4, -0.2) is 19.6 Å². The van der Waals surface area contributed by atoms with Crippen LogP contribution in [0.3, 0.4) is 0 Å². The maximum atomic E-state index is 11.5. The molecule has 0 radical (unpaired) electrons. The van der Waals surface area contributed by atoms with Gasteiger partial charge >= 0.3 is 5.97 Å². The van der Waals surface area contributed by atoms with Gasteiger partial charge in [-0.25, -0.2) is 4.79 Å². The molecule has 0 saturated heterocycles. The van der Waals surface area contributed by atoms with E-state index in [9.17, 15) is 4.79 Å². The fourth-order valence-electron chi connectivity index (χ4n) is 1.32. The van der Waals surface area contributed by atoms with Crippen molar-refractivity contribution in [1.29, 1.82) is 0 Å². The maximum Gasteiger partial charge on any atom is 0.338 e. The third-order valence-electron chi connectivity index (χ3n) is 2.33. The first kappa shape index (κ1) is 11.7. The van der Waals surface area contributed by atoms with Gasteiger partial charge in [-0.3, -0.25) is 0 Å². The fourth-order valence-corrected chi connectivity index (χ4v) is 1.32. The van der Waals surface area contributed by atoms with Gasteiger partial charge in [0.2, 0.25) is 0 Å². The number of benzene rings is 1. The van der Waals surface area contributed by atoms with Gasteiger partial charge in [0.1, 0.15) is 0 Å². The zero-order chi connectivity index (χ0) is 11.3. The SMILES string of the molecule is CCOC(=O)c1cccc(C(C)NC)c1. The summed E-state index contributed by atoms with van der Waals surface area (Å²) in [6.45, 7) is 4.26. The summed E-state index contributed by atoms with van der Waals surface area (Å²) in [6, 6.07) is 7.72. The second-order valence-electron chi connectivity index (χ2n) is 3.36. The van der Waals surface area contributed by atoms with Crippen LogP contribution in [0.5, 0.6) is 0 Å². The third-order valence-corrected chi connectivity index (χ3v) is 2.33. The van der Waals surface area contributed by atoms with Crippen molar-refractivity contribution in [1.82, 2.24) is 5.32 Å². The van der Waals surface area contributed by atoms with Crippen LogP contribution in [0.15, 0.2) is 24.3 Å². The average Bonchev–Trinajstić information content (AvgIpc) is 2.28. The van der Waals surface area contributed by atoms with E-state index < -0.39 is 0 Å². The monoisotopic (exact) mass is 207 g/mol. The Morgan fingerprint density at radius 2 is 2.27 bits per heavy atom. The number of carbonyl (C=O) groups excluding carboxylic acids is 1. The third kappa shape index (κ3) is 3.06. The van der Waals surface area contributed by atoms with E-state index in [4.69, 9.17) is 4.74 Å². The molecule has 1 aromatic rings. The molecule has 3 nitrogen and oxygen atoms in total. The van der Waals surface area contributed by atoms with E-state index in [1.165, 1.54) is 0 Å². The molecular weight excluding hydrogens is 190 g/mol. The molecule has 0 heterocycles.